The van der Waals surface area contributed by atoms with Gasteiger partial charge in [-0.25, -0.2) is 0 Å². The summed E-state index contributed by atoms with van der Waals surface area (Å²) in [4.78, 5) is 0. The molecule has 0 saturated heterocycles. The Morgan fingerprint density at radius 2 is 0.962 bits per heavy atom. The van der Waals surface area contributed by atoms with Gasteiger partial charge in [-0.2, -0.15) is 0 Å². The van der Waals surface area contributed by atoms with Crippen molar-refractivity contribution in [3.05, 3.63) is 176 Å². The quantitative estimate of drug-likeness (QED) is 0.173. The van der Waals surface area contributed by atoms with E-state index in [0.29, 0.717) is 0 Å². The summed E-state index contributed by atoms with van der Waals surface area (Å²) >= 11 is 0. The molecule has 10 aromatic carbocycles. The van der Waals surface area contributed by atoms with Gasteiger partial charge in [-0.05, 0) is 90.3 Å². The van der Waals surface area contributed by atoms with Gasteiger partial charge in [0.15, 0.2) is 5.58 Å². The average Bonchev–Trinajstić information content (AvgIpc) is 3.76. The summed E-state index contributed by atoms with van der Waals surface area (Å²) in [6.45, 7) is 0. The number of nitrogens with zero attached hydrogens (tertiary/aromatic N) is 1. The second-order valence-corrected chi connectivity index (χ2v) is 14.0. The van der Waals surface area contributed by atoms with Crippen molar-refractivity contribution in [1.29, 1.82) is 0 Å². The van der Waals surface area contributed by atoms with E-state index in [9.17, 15) is 0 Å². The molecule has 0 radical (unpaired) electrons. The standard InChI is InChI=1S/C50H29NO/c1-2-10-30(11-3-1)35-22-18-31-21-25-41-36(23-19-32-20-24-40(35)47(31)48(32)41)34-28-33-12-4-5-13-37(33)45(29-34)51-44-16-8-6-14-38(44)42-26-27-43-39-15-7-9-17-46(39)52-50(43)49(42)51/h1-29H. The van der Waals surface area contributed by atoms with Gasteiger partial charge in [0.2, 0.25) is 0 Å². The number of rotatable bonds is 3. The third-order valence-corrected chi connectivity index (χ3v) is 11.3. The second-order valence-electron chi connectivity index (χ2n) is 14.0. The predicted molar refractivity (Wildman–Crippen MR) is 220 cm³/mol. The summed E-state index contributed by atoms with van der Waals surface area (Å²) < 4.78 is 9.18. The molecule has 0 spiro atoms. The zero-order valence-corrected chi connectivity index (χ0v) is 28.1. The first-order valence-corrected chi connectivity index (χ1v) is 17.9. The zero-order valence-electron chi connectivity index (χ0n) is 28.1. The van der Waals surface area contributed by atoms with Crippen molar-refractivity contribution in [2.24, 2.45) is 0 Å². The van der Waals surface area contributed by atoms with Crippen LogP contribution in [0.25, 0.3) is 115 Å². The van der Waals surface area contributed by atoms with Crippen molar-refractivity contribution in [2.75, 3.05) is 0 Å². The fraction of sp³-hybridized carbons (Fsp3) is 0. The first-order valence-electron chi connectivity index (χ1n) is 17.9. The van der Waals surface area contributed by atoms with Crippen LogP contribution in [-0.2, 0) is 0 Å². The van der Waals surface area contributed by atoms with Crippen molar-refractivity contribution in [3.8, 4) is 27.9 Å². The molecule has 2 heteroatoms. The average molecular weight is 660 g/mol. The molecule has 2 heterocycles. The molecule has 0 aliphatic rings. The Morgan fingerprint density at radius 1 is 0.365 bits per heavy atom. The van der Waals surface area contributed by atoms with Gasteiger partial charge in [0.25, 0.3) is 0 Å². The first-order chi connectivity index (χ1) is 25.8. The highest BCUT2D eigenvalue weighted by Gasteiger charge is 2.21. The maximum absolute atomic E-state index is 6.73. The molecule has 12 rings (SSSR count). The lowest BCUT2D eigenvalue weighted by Crippen LogP contribution is -1.97. The fourth-order valence-electron chi connectivity index (χ4n) is 9.03. The first kappa shape index (κ1) is 27.9. The Balaban J connectivity index is 1.19. The van der Waals surface area contributed by atoms with Crippen molar-refractivity contribution in [2.45, 2.75) is 0 Å². The van der Waals surface area contributed by atoms with Gasteiger partial charge in [0.1, 0.15) is 5.58 Å². The molecule has 0 N–H and O–H groups in total. The number of benzene rings is 10. The minimum Gasteiger partial charge on any atom is -0.454 e. The van der Waals surface area contributed by atoms with E-state index in [1.54, 1.807) is 0 Å². The van der Waals surface area contributed by atoms with E-state index in [1.165, 1.54) is 76.1 Å². The van der Waals surface area contributed by atoms with Gasteiger partial charge in [-0.1, -0.05) is 146 Å². The molecule has 0 amide bonds. The molecule has 2 nitrogen and oxygen atoms in total. The number of para-hydroxylation sites is 2. The number of furan rings is 1. The monoisotopic (exact) mass is 659 g/mol. The maximum Gasteiger partial charge on any atom is 0.160 e. The SMILES string of the molecule is c1ccc(-c2ccc3ccc4c(-c5cc(-n6c7ccccc7c7ccc8c9ccccc9oc8c76)c6ccccc6c5)ccc5ccc2c3c54)cc1. The summed E-state index contributed by atoms with van der Waals surface area (Å²) in [6, 6.07) is 64.4. The Morgan fingerprint density at radius 3 is 1.75 bits per heavy atom. The van der Waals surface area contributed by atoms with Gasteiger partial charge >= 0.3 is 0 Å². The summed E-state index contributed by atoms with van der Waals surface area (Å²) in [5.74, 6) is 0. The number of aromatic nitrogens is 1. The third kappa shape index (κ3) is 3.73. The van der Waals surface area contributed by atoms with Crippen molar-refractivity contribution in [1.82, 2.24) is 4.57 Å². The Bertz CT molecular complexity index is 3400. The highest BCUT2D eigenvalue weighted by atomic mass is 16.3. The number of hydrogen-bond acceptors (Lipinski definition) is 1. The summed E-state index contributed by atoms with van der Waals surface area (Å²) in [5.41, 5.74) is 10.2. The molecule has 0 saturated carbocycles. The molecular weight excluding hydrogens is 631 g/mol. The topological polar surface area (TPSA) is 18.1 Å². The van der Waals surface area contributed by atoms with E-state index >= 15 is 0 Å². The van der Waals surface area contributed by atoms with E-state index in [2.05, 4.69) is 174 Å². The second kappa shape index (κ2) is 10.3. The van der Waals surface area contributed by atoms with Gasteiger partial charge < -0.3 is 8.98 Å². The summed E-state index contributed by atoms with van der Waals surface area (Å²) in [6.07, 6.45) is 0. The van der Waals surface area contributed by atoms with Crippen LogP contribution in [0.15, 0.2) is 180 Å². The van der Waals surface area contributed by atoms with E-state index in [0.717, 1.165) is 38.7 Å². The number of fused-ring (bicyclic) bond motifs is 8. The van der Waals surface area contributed by atoms with Crippen molar-refractivity contribution in [3.63, 3.8) is 0 Å². The van der Waals surface area contributed by atoms with Crippen LogP contribution in [0.1, 0.15) is 0 Å². The van der Waals surface area contributed by atoms with Crippen LogP contribution in [0.5, 0.6) is 0 Å². The highest BCUT2D eigenvalue weighted by molar-refractivity contribution is 6.28. The molecule has 0 fully saturated rings. The molecule has 0 aliphatic carbocycles. The lowest BCUT2D eigenvalue weighted by molar-refractivity contribution is 0.671. The Kier molecular flexibility index (Phi) is 5.53. The Labute approximate surface area is 298 Å². The van der Waals surface area contributed by atoms with Crippen LogP contribution in [0.4, 0.5) is 0 Å². The van der Waals surface area contributed by atoms with Gasteiger partial charge in [-0.15, -0.1) is 0 Å². The largest absolute Gasteiger partial charge is 0.454 e. The lowest BCUT2D eigenvalue weighted by Gasteiger charge is -2.18. The van der Waals surface area contributed by atoms with Crippen LogP contribution >= 0.6 is 0 Å². The minimum absolute atomic E-state index is 0.907. The highest BCUT2D eigenvalue weighted by Crippen LogP contribution is 2.45. The molecule has 52 heavy (non-hydrogen) atoms. The van der Waals surface area contributed by atoms with E-state index in [-0.39, 0.29) is 0 Å². The normalized spacial score (nSPS) is 12.2. The molecule has 12 aromatic rings. The maximum atomic E-state index is 6.73. The van der Waals surface area contributed by atoms with E-state index in [4.69, 9.17) is 4.42 Å². The van der Waals surface area contributed by atoms with Gasteiger partial charge in [-0.3, -0.25) is 0 Å². The van der Waals surface area contributed by atoms with Crippen LogP contribution in [-0.4, -0.2) is 4.57 Å². The molecule has 0 unspecified atom stereocenters. The smallest absolute Gasteiger partial charge is 0.160 e. The molecule has 0 atom stereocenters. The molecule has 0 aliphatic heterocycles. The van der Waals surface area contributed by atoms with Crippen molar-refractivity contribution < 1.29 is 4.42 Å². The van der Waals surface area contributed by atoms with Crippen molar-refractivity contribution >= 4 is 86.8 Å². The van der Waals surface area contributed by atoms with Crippen LogP contribution in [0.3, 0.4) is 0 Å². The van der Waals surface area contributed by atoms with Gasteiger partial charge in [0, 0.05) is 26.9 Å². The number of hydrogen-bond donors (Lipinski definition) is 0. The van der Waals surface area contributed by atoms with Crippen LogP contribution in [0, 0.1) is 0 Å². The van der Waals surface area contributed by atoms with E-state index < -0.39 is 0 Å². The Hall–Kier alpha value is -6.90. The van der Waals surface area contributed by atoms with Crippen LogP contribution in [0.2, 0.25) is 0 Å². The minimum atomic E-state index is 0.907. The summed E-state index contributed by atoms with van der Waals surface area (Å²) in [5, 5.41) is 14.8. The fourth-order valence-corrected chi connectivity index (χ4v) is 9.03. The van der Waals surface area contributed by atoms with Crippen LogP contribution < -0.4 is 0 Å². The zero-order chi connectivity index (χ0) is 33.9. The lowest BCUT2D eigenvalue weighted by atomic mass is 9.87. The summed E-state index contributed by atoms with van der Waals surface area (Å²) in [7, 11) is 0. The van der Waals surface area contributed by atoms with E-state index in [1.807, 2.05) is 6.07 Å². The molecular formula is C50H29NO. The molecule has 2 aromatic heterocycles. The van der Waals surface area contributed by atoms with Gasteiger partial charge in [0.05, 0.1) is 16.7 Å². The third-order valence-electron chi connectivity index (χ3n) is 11.3. The molecule has 0 bridgehead atoms. The predicted octanol–water partition coefficient (Wildman–Crippen LogP) is 14.1. The molecule has 240 valence electrons.